The maximum atomic E-state index is 12.0. The van der Waals surface area contributed by atoms with Crippen LogP contribution in [-0.4, -0.2) is 19.1 Å². The van der Waals surface area contributed by atoms with Crippen LogP contribution in [0.25, 0.3) is 0 Å². The highest BCUT2D eigenvalue weighted by molar-refractivity contribution is 5.90. The molecule has 21 heavy (non-hydrogen) atoms. The molecule has 0 radical (unpaired) electrons. The van der Waals surface area contributed by atoms with Gasteiger partial charge in [0, 0.05) is 24.7 Å². The van der Waals surface area contributed by atoms with Crippen molar-refractivity contribution >= 4 is 11.6 Å². The highest BCUT2D eigenvalue weighted by Crippen LogP contribution is 2.27. The van der Waals surface area contributed by atoms with Gasteiger partial charge in [0.25, 0.3) is 0 Å². The molecule has 1 aliphatic rings. The molecule has 1 aliphatic carbocycles. The Morgan fingerprint density at radius 1 is 1.29 bits per heavy atom. The molecular weight excluding hydrogens is 264 g/mol. The van der Waals surface area contributed by atoms with Crippen molar-refractivity contribution in [3.63, 3.8) is 0 Å². The highest BCUT2D eigenvalue weighted by atomic mass is 16.5. The van der Waals surface area contributed by atoms with Gasteiger partial charge in [-0.2, -0.15) is 0 Å². The lowest BCUT2D eigenvalue weighted by Crippen LogP contribution is -2.15. The molecule has 3 N–H and O–H groups in total. The van der Waals surface area contributed by atoms with Crippen LogP contribution in [0.15, 0.2) is 24.3 Å². The minimum atomic E-state index is 0.0940. The van der Waals surface area contributed by atoms with Gasteiger partial charge in [-0.15, -0.1) is 0 Å². The molecule has 116 valence electrons. The summed E-state index contributed by atoms with van der Waals surface area (Å²) < 4.78 is 5.46. The molecule has 1 aromatic rings. The van der Waals surface area contributed by atoms with Gasteiger partial charge in [0.05, 0.1) is 0 Å². The summed E-state index contributed by atoms with van der Waals surface area (Å²) in [5, 5.41) is 2.95. The van der Waals surface area contributed by atoms with Crippen molar-refractivity contribution in [2.45, 2.75) is 44.9 Å². The summed E-state index contributed by atoms with van der Waals surface area (Å²) in [5.74, 6) is 1.57. The largest absolute Gasteiger partial charge is 0.492 e. The predicted molar refractivity (Wildman–Crippen MR) is 85.4 cm³/mol. The van der Waals surface area contributed by atoms with Gasteiger partial charge in [-0.3, -0.25) is 4.79 Å². The molecule has 1 saturated carbocycles. The molecule has 0 unspecified atom stereocenters. The number of carbonyl (C=O) groups is 1. The summed E-state index contributed by atoms with van der Waals surface area (Å²) in [6.45, 7) is 0.969. The smallest absolute Gasteiger partial charge is 0.224 e. The number of hydrogen-bond acceptors (Lipinski definition) is 3. The van der Waals surface area contributed by atoms with Crippen LogP contribution < -0.4 is 15.8 Å². The van der Waals surface area contributed by atoms with Crippen LogP contribution >= 0.6 is 0 Å². The third-order valence-electron chi connectivity index (χ3n) is 4.01. The summed E-state index contributed by atoms with van der Waals surface area (Å²) in [6, 6.07) is 7.47. The van der Waals surface area contributed by atoms with Crippen LogP contribution in [-0.2, 0) is 4.79 Å². The molecule has 0 heterocycles. The predicted octanol–water partition coefficient (Wildman–Crippen LogP) is 3.32. The number of benzene rings is 1. The van der Waals surface area contributed by atoms with E-state index in [0.717, 1.165) is 23.8 Å². The molecular formula is C17H26N2O2. The Hall–Kier alpha value is -1.55. The van der Waals surface area contributed by atoms with Crippen molar-refractivity contribution in [2.75, 3.05) is 18.5 Å². The fourth-order valence-corrected chi connectivity index (χ4v) is 2.87. The Labute approximate surface area is 127 Å². The number of anilines is 1. The van der Waals surface area contributed by atoms with Gasteiger partial charge in [0.1, 0.15) is 12.4 Å². The normalized spacial score (nSPS) is 15.7. The van der Waals surface area contributed by atoms with Crippen LogP contribution in [0.3, 0.4) is 0 Å². The summed E-state index contributed by atoms with van der Waals surface area (Å²) in [6.07, 6.45) is 8.21. The fraction of sp³-hybridized carbons (Fsp3) is 0.588. The number of rotatable bonds is 7. The Morgan fingerprint density at radius 3 is 2.86 bits per heavy atom. The van der Waals surface area contributed by atoms with E-state index in [1.807, 2.05) is 24.3 Å². The molecule has 1 aromatic carbocycles. The maximum Gasteiger partial charge on any atom is 0.224 e. The maximum absolute atomic E-state index is 12.0. The second kappa shape index (κ2) is 8.67. The van der Waals surface area contributed by atoms with Crippen LogP contribution in [0.4, 0.5) is 5.69 Å². The van der Waals surface area contributed by atoms with Crippen molar-refractivity contribution in [3.05, 3.63) is 24.3 Å². The lowest BCUT2D eigenvalue weighted by atomic mass is 9.86. The Balaban J connectivity index is 1.76. The van der Waals surface area contributed by atoms with Crippen molar-refractivity contribution in [2.24, 2.45) is 11.7 Å². The number of carbonyl (C=O) groups excluding carboxylic acids is 1. The second-order valence-corrected chi connectivity index (χ2v) is 5.76. The van der Waals surface area contributed by atoms with E-state index in [2.05, 4.69) is 5.32 Å². The quantitative estimate of drug-likeness (QED) is 0.809. The number of hydrogen-bond donors (Lipinski definition) is 2. The first kappa shape index (κ1) is 15.8. The Bertz CT molecular complexity index is 442. The van der Waals surface area contributed by atoms with Gasteiger partial charge in [0.2, 0.25) is 5.91 Å². The van der Waals surface area contributed by atoms with E-state index in [9.17, 15) is 4.79 Å². The van der Waals surface area contributed by atoms with Gasteiger partial charge >= 0.3 is 0 Å². The van der Waals surface area contributed by atoms with Crippen LogP contribution in [0.2, 0.25) is 0 Å². The SMILES string of the molecule is NCCOc1cccc(NC(=O)CCC2CCCCC2)c1. The first-order valence-corrected chi connectivity index (χ1v) is 8.00. The van der Waals surface area contributed by atoms with E-state index in [1.54, 1.807) is 0 Å². The van der Waals surface area contributed by atoms with Crippen molar-refractivity contribution < 1.29 is 9.53 Å². The lowest BCUT2D eigenvalue weighted by Gasteiger charge is -2.21. The van der Waals surface area contributed by atoms with Crippen molar-refractivity contribution in [1.82, 2.24) is 0 Å². The minimum absolute atomic E-state index is 0.0940. The van der Waals surface area contributed by atoms with E-state index >= 15 is 0 Å². The summed E-state index contributed by atoms with van der Waals surface area (Å²) in [4.78, 5) is 12.0. The standard InChI is InChI=1S/C17H26N2O2/c18-11-12-21-16-8-4-7-15(13-16)19-17(20)10-9-14-5-2-1-3-6-14/h4,7-8,13-14H,1-3,5-6,9-12,18H2,(H,19,20). The van der Waals surface area contributed by atoms with Gasteiger partial charge < -0.3 is 15.8 Å². The minimum Gasteiger partial charge on any atom is -0.492 e. The van der Waals surface area contributed by atoms with Crippen molar-refractivity contribution in [3.8, 4) is 5.75 Å². The van der Waals surface area contributed by atoms with E-state index in [1.165, 1.54) is 32.1 Å². The van der Waals surface area contributed by atoms with Crippen LogP contribution in [0, 0.1) is 5.92 Å². The fourth-order valence-electron chi connectivity index (χ4n) is 2.87. The molecule has 1 fully saturated rings. The first-order chi connectivity index (χ1) is 10.3. The molecule has 4 heteroatoms. The third kappa shape index (κ3) is 5.76. The summed E-state index contributed by atoms with van der Waals surface area (Å²) in [7, 11) is 0. The monoisotopic (exact) mass is 290 g/mol. The topological polar surface area (TPSA) is 64.3 Å². The molecule has 0 atom stereocenters. The molecule has 4 nitrogen and oxygen atoms in total. The Morgan fingerprint density at radius 2 is 2.10 bits per heavy atom. The van der Waals surface area contributed by atoms with Gasteiger partial charge in [-0.1, -0.05) is 38.2 Å². The number of ether oxygens (including phenoxy) is 1. The second-order valence-electron chi connectivity index (χ2n) is 5.76. The van der Waals surface area contributed by atoms with Crippen LogP contribution in [0.1, 0.15) is 44.9 Å². The van der Waals surface area contributed by atoms with Gasteiger partial charge in [0.15, 0.2) is 0 Å². The molecule has 0 bridgehead atoms. The van der Waals surface area contributed by atoms with E-state index in [0.29, 0.717) is 19.6 Å². The molecule has 0 aliphatic heterocycles. The van der Waals surface area contributed by atoms with E-state index in [4.69, 9.17) is 10.5 Å². The van der Waals surface area contributed by atoms with Gasteiger partial charge in [-0.25, -0.2) is 0 Å². The summed E-state index contributed by atoms with van der Waals surface area (Å²) in [5.41, 5.74) is 6.20. The molecule has 2 rings (SSSR count). The molecule has 0 aromatic heterocycles. The van der Waals surface area contributed by atoms with E-state index in [-0.39, 0.29) is 5.91 Å². The van der Waals surface area contributed by atoms with Crippen LogP contribution in [0.5, 0.6) is 5.75 Å². The molecule has 0 saturated heterocycles. The number of amides is 1. The van der Waals surface area contributed by atoms with Crippen molar-refractivity contribution in [1.29, 1.82) is 0 Å². The third-order valence-corrected chi connectivity index (χ3v) is 4.01. The zero-order valence-electron chi connectivity index (χ0n) is 12.6. The number of nitrogens with one attached hydrogen (secondary N) is 1. The van der Waals surface area contributed by atoms with E-state index < -0.39 is 0 Å². The zero-order chi connectivity index (χ0) is 14.9. The average molecular weight is 290 g/mol. The Kier molecular flexibility index (Phi) is 6.54. The molecule has 1 amide bonds. The lowest BCUT2D eigenvalue weighted by molar-refractivity contribution is -0.116. The number of nitrogens with two attached hydrogens (primary N) is 1. The zero-order valence-corrected chi connectivity index (χ0v) is 12.6. The average Bonchev–Trinajstić information content (AvgIpc) is 2.52. The van der Waals surface area contributed by atoms with Gasteiger partial charge in [-0.05, 0) is 24.5 Å². The highest BCUT2D eigenvalue weighted by Gasteiger charge is 2.14. The first-order valence-electron chi connectivity index (χ1n) is 8.00. The molecule has 0 spiro atoms. The summed E-state index contributed by atoms with van der Waals surface area (Å²) >= 11 is 0.